The van der Waals surface area contributed by atoms with Crippen LogP contribution in [0.2, 0.25) is 0 Å². The van der Waals surface area contributed by atoms with Crippen molar-refractivity contribution in [1.29, 1.82) is 0 Å². The van der Waals surface area contributed by atoms with E-state index >= 15 is 0 Å². The summed E-state index contributed by atoms with van der Waals surface area (Å²) in [4.78, 5) is 24.9. The number of rotatable bonds is 6. The summed E-state index contributed by atoms with van der Waals surface area (Å²) >= 11 is 0. The summed E-state index contributed by atoms with van der Waals surface area (Å²) < 4.78 is 0. The highest BCUT2D eigenvalue weighted by Crippen LogP contribution is 2.26. The van der Waals surface area contributed by atoms with Gasteiger partial charge in [0.15, 0.2) is 11.5 Å². The molecule has 5 N–H and O–H groups in total. The number of nitrogens with two attached hydrogens (primary N) is 1. The fourth-order valence-corrected chi connectivity index (χ4v) is 3.08. The summed E-state index contributed by atoms with van der Waals surface area (Å²) in [6.45, 7) is 1.96. The third-order valence-corrected chi connectivity index (χ3v) is 4.50. The standard InChI is InChI=1S/C18H24N6O2/c1-2-14-17(21-11-5-7-13(25)8-6-11)24-18(15(23-14)16(19)26)22-12-4-3-9-20-10-12/h3-4,9-11,13,25H,2,5-8H2,1H3,(H2,19,26)(H2,21,22,24). The summed E-state index contributed by atoms with van der Waals surface area (Å²) in [6, 6.07) is 3.83. The molecule has 2 aromatic rings. The summed E-state index contributed by atoms with van der Waals surface area (Å²) in [5, 5.41) is 16.2. The number of pyridine rings is 1. The second-order valence-electron chi connectivity index (χ2n) is 6.45. The van der Waals surface area contributed by atoms with Gasteiger partial charge in [-0.25, -0.2) is 9.97 Å². The maximum atomic E-state index is 11.8. The number of anilines is 3. The third-order valence-electron chi connectivity index (χ3n) is 4.50. The van der Waals surface area contributed by atoms with Gasteiger partial charge in [-0.3, -0.25) is 9.78 Å². The minimum absolute atomic E-state index is 0.107. The van der Waals surface area contributed by atoms with Gasteiger partial charge in [0.05, 0.1) is 23.7 Å². The molecule has 1 amide bonds. The van der Waals surface area contributed by atoms with E-state index in [1.54, 1.807) is 18.5 Å². The fourth-order valence-electron chi connectivity index (χ4n) is 3.08. The topological polar surface area (TPSA) is 126 Å². The molecule has 0 spiro atoms. The molecule has 1 saturated carbocycles. The third kappa shape index (κ3) is 4.26. The average molecular weight is 356 g/mol. The zero-order valence-corrected chi connectivity index (χ0v) is 14.8. The smallest absolute Gasteiger partial charge is 0.271 e. The van der Waals surface area contributed by atoms with Crippen molar-refractivity contribution < 1.29 is 9.90 Å². The van der Waals surface area contributed by atoms with Gasteiger partial charge in [0, 0.05) is 12.2 Å². The van der Waals surface area contributed by atoms with Gasteiger partial charge in [0.1, 0.15) is 5.82 Å². The predicted octanol–water partition coefficient (Wildman–Crippen LogP) is 1.99. The normalized spacial score (nSPS) is 19.8. The molecule has 8 heteroatoms. The van der Waals surface area contributed by atoms with Gasteiger partial charge in [-0.15, -0.1) is 0 Å². The number of hydrogen-bond acceptors (Lipinski definition) is 7. The Hall–Kier alpha value is -2.74. The van der Waals surface area contributed by atoms with E-state index in [9.17, 15) is 9.90 Å². The van der Waals surface area contributed by atoms with E-state index in [-0.39, 0.29) is 17.8 Å². The number of primary amides is 1. The van der Waals surface area contributed by atoms with Crippen molar-refractivity contribution in [2.75, 3.05) is 10.6 Å². The first kappa shape index (κ1) is 18.1. The molecule has 0 aromatic carbocycles. The fraction of sp³-hybridized carbons (Fsp3) is 0.444. The van der Waals surface area contributed by atoms with E-state index in [2.05, 4.69) is 25.6 Å². The Labute approximate surface area is 152 Å². The van der Waals surface area contributed by atoms with Gasteiger partial charge in [0.25, 0.3) is 5.91 Å². The van der Waals surface area contributed by atoms with Crippen molar-refractivity contribution in [2.24, 2.45) is 5.73 Å². The van der Waals surface area contributed by atoms with Gasteiger partial charge in [-0.1, -0.05) is 6.92 Å². The Balaban J connectivity index is 1.90. The van der Waals surface area contributed by atoms with Crippen LogP contribution in [0.25, 0.3) is 0 Å². The number of aliphatic hydroxyl groups excluding tert-OH is 1. The van der Waals surface area contributed by atoms with Gasteiger partial charge >= 0.3 is 0 Å². The van der Waals surface area contributed by atoms with Gasteiger partial charge < -0.3 is 21.5 Å². The first-order valence-corrected chi connectivity index (χ1v) is 8.89. The lowest BCUT2D eigenvalue weighted by molar-refractivity contribution is 0.0996. The van der Waals surface area contributed by atoms with Crippen LogP contribution in [0.1, 0.15) is 48.8 Å². The quantitative estimate of drug-likeness (QED) is 0.623. The molecule has 0 aliphatic heterocycles. The van der Waals surface area contributed by atoms with Crippen LogP contribution in [0.5, 0.6) is 0 Å². The molecule has 1 fully saturated rings. The molecule has 26 heavy (non-hydrogen) atoms. The molecule has 1 aliphatic carbocycles. The van der Waals surface area contributed by atoms with Crippen LogP contribution in [0.3, 0.4) is 0 Å². The van der Waals surface area contributed by atoms with E-state index < -0.39 is 5.91 Å². The highest BCUT2D eigenvalue weighted by atomic mass is 16.3. The molecular weight excluding hydrogens is 332 g/mol. The molecule has 8 nitrogen and oxygen atoms in total. The molecule has 0 atom stereocenters. The molecule has 0 bridgehead atoms. The van der Waals surface area contributed by atoms with E-state index in [4.69, 9.17) is 5.73 Å². The first-order chi connectivity index (χ1) is 12.6. The molecule has 138 valence electrons. The Morgan fingerprint density at radius 1 is 1.27 bits per heavy atom. The molecule has 3 rings (SSSR count). The Kier molecular flexibility index (Phi) is 5.62. The number of amides is 1. The largest absolute Gasteiger partial charge is 0.393 e. The van der Waals surface area contributed by atoms with Crippen molar-refractivity contribution in [3.05, 3.63) is 35.9 Å². The van der Waals surface area contributed by atoms with Crippen LogP contribution in [-0.4, -0.2) is 38.1 Å². The van der Waals surface area contributed by atoms with Crippen LogP contribution in [-0.2, 0) is 6.42 Å². The molecule has 1 aliphatic rings. The monoisotopic (exact) mass is 356 g/mol. The van der Waals surface area contributed by atoms with Crippen LogP contribution in [0.15, 0.2) is 24.5 Å². The van der Waals surface area contributed by atoms with Crippen molar-refractivity contribution in [2.45, 2.75) is 51.2 Å². The van der Waals surface area contributed by atoms with Gasteiger partial charge in [-0.2, -0.15) is 0 Å². The number of aliphatic hydroxyl groups is 1. The van der Waals surface area contributed by atoms with Gasteiger partial charge in [-0.05, 0) is 44.2 Å². The Morgan fingerprint density at radius 3 is 2.65 bits per heavy atom. The maximum absolute atomic E-state index is 11.8. The summed E-state index contributed by atoms with van der Waals surface area (Å²) in [5.74, 6) is 0.317. The molecule has 2 aromatic heterocycles. The molecule has 0 saturated heterocycles. The lowest BCUT2D eigenvalue weighted by Crippen LogP contribution is -2.29. The minimum Gasteiger partial charge on any atom is -0.393 e. The number of aromatic nitrogens is 3. The maximum Gasteiger partial charge on any atom is 0.271 e. The zero-order valence-electron chi connectivity index (χ0n) is 14.8. The number of nitrogens with one attached hydrogen (secondary N) is 2. The molecular formula is C18H24N6O2. The summed E-state index contributed by atoms with van der Waals surface area (Å²) in [5.41, 5.74) is 6.99. The summed E-state index contributed by atoms with van der Waals surface area (Å²) in [7, 11) is 0. The number of hydrogen-bond donors (Lipinski definition) is 4. The second-order valence-corrected chi connectivity index (χ2v) is 6.45. The van der Waals surface area contributed by atoms with Crippen LogP contribution >= 0.6 is 0 Å². The number of carbonyl (C=O) groups is 1. The lowest BCUT2D eigenvalue weighted by Gasteiger charge is -2.27. The van der Waals surface area contributed by atoms with Crippen molar-refractivity contribution in [3.8, 4) is 0 Å². The van der Waals surface area contributed by atoms with Crippen LogP contribution in [0, 0.1) is 0 Å². The van der Waals surface area contributed by atoms with E-state index in [1.807, 2.05) is 13.0 Å². The average Bonchev–Trinajstić information content (AvgIpc) is 2.64. The molecule has 0 radical (unpaired) electrons. The van der Waals surface area contributed by atoms with Crippen molar-refractivity contribution in [1.82, 2.24) is 15.0 Å². The van der Waals surface area contributed by atoms with E-state index in [0.717, 1.165) is 25.7 Å². The minimum atomic E-state index is -0.633. The van der Waals surface area contributed by atoms with Crippen LogP contribution < -0.4 is 16.4 Å². The van der Waals surface area contributed by atoms with Gasteiger partial charge in [0.2, 0.25) is 0 Å². The van der Waals surface area contributed by atoms with E-state index in [1.165, 1.54) is 0 Å². The number of nitrogens with zero attached hydrogens (tertiary/aromatic N) is 3. The highest BCUT2D eigenvalue weighted by molar-refractivity contribution is 5.96. The number of carbonyl (C=O) groups excluding carboxylic acids is 1. The first-order valence-electron chi connectivity index (χ1n) is 8.89. The van der Waals surface area contributed by atoms with Crippen molar-refractivity contribution in [3.63, 3.8) is 0 Å². The predicted molar refractivity (Wildman–Crippen MR) is 99.3 cm³/mol. The SMILES string of the molecule is CCc1nc(C(N)=O)c(Nc2cccnc2)nc1NC1CCC(O)CC1. The van der Waals surface area contributed by atoms with Crippen molar-refractivity contribution >= 4 is 23.2 Å². The van der Waals surface area contributed by atoms with Crippen LogP contribution in [0.4, 0.5) is 17.3 Å². The summed E-state index contributed by atoms with van der Waals surface area (Å²) in [6.07, 6.45) is 6.98. The Bertz CT molecular complexity index is 760. The lowest BCUT2D eigenvalue weighted by atomic mass is 9.93. The zero-order chi connectivity index (χ0) is 18.5. The Morgan fingerprint density at radius 2 is 2.04 bits per heavy atom. The molecule has 0 unspecified atom stereocenters. The van der Waals surface area contributed by atoms with E-state index in [0.29, 0.717) is 29.4 Å². The second kappa shape index (κ2) is 8.09. The highest BCUT2D eigenvalue weighted by Gasteiger charge is 2.22. The molecule has 2 heterocycles. The number of aryl methyl sites for hydroxylation is 1.